The molecule has 2 aliphatic rings. The van der Waals surface area contributed by atoms with Crippen LogP contribution in [0.15, 0.2) is 6.08 Å². The Labute approximate surface area is 258 Å². The second-order valence-corrected chi connectivity index (χ2v) is 11.9. The first-order valence-electron chi connectivity index (χ1n) is 15.3. The Balaban J connectivity index is 0.00000533. The SMILES string of the molecule is CCCCCCCCCC(=O)OC(C1CCOCC1)[N+]1(C)CCC=C(c2nsnc2OCCCCCC)C1.[I-]. The van der Waals surface area contributed by atoms with E-state index in [1.165, 1.54) is 63.1 Å². The zero-order valence-corrected chi connectivity index (χ0v) is 27.6. The Hall–Kier alpha value is -0.780. The van der Waals surface area contributed by atoms with Gasteiger partial charge in [0.05, 0.1) is 37.8 Å². The van der Waals surface area contributed by atoms with Gasteiger partial charge in [-0.25, -0.2) is 0 Å². The van der Waals surface area contributed by atoms with Crippen molar-refractivity contribution in [1.82, 2.24) is 8.75 Å². The van der Waals surface area contributed by atoms with Gasteiger partial charge in [0.15, 0.2) is 0 Å². The van der Waals surface area contributed by atoms with Crippen LogP contribution in [0, 0.1) is 5.92 Å². The number of aromatic nitrogens is 2. The number of hydrogen-bond acceptors (Lipinski definition) is 7. The highest BCUT2D eigenvalue weighted by atomic mass is 127. The minimum atomic E-state index is -0.162. The van der Waals surface area contributed by atoms with E-state index >= 15 is 0 Å². The molecule has 1 fully saturated rings. The van der Waals surface area contributed by atoms with Gasteiger partial charge in [0, 0.05) is 31.6 Å². The van der Waals surface area contributed by atoms with Crippen molar-refractivity contribution in [3.8, 4) is 5.88 Å². The number of hydrogen-bond donors (Lipinski definition) is 0. The van der Waals surface area contributed by atoms with Crippen LogP contribution in [0.1, 0.15) is 116 Å². The fraction of sp³-hybridized carbons (Fsp3) is 0.833. The molecule has 0 aliphatic carbocycles. The van der Waals surface area contributed by atoms with Crippen molar-refractivity contribution < 1.29 is 47.5 Å². The van der Waals surface area contributed by atoms with E-state index in [1.807, 2.05) is 0 Å². The Morgan fingerprint density at radius 3 is 2.41 bits per heavy atom. The number of rotatable bonds is 18. The molecule has 39 heavy (non-hydrogen) atoms. The van der Waals surface area contributed by atoms with Gasteiger partial charge in [-0.3, -0.25) is 9.28 Å². The lowest BCUT2D eigenvalue weighted by Crippen LogP contribution is -3.00. The number of halogens is 1. The van der Waals surface area contributed by atoms with Crippen LogP contribution in [0.3, 0.4) is 0 Å². The number of ether oxygens (including phenoxy) is 3. The third-order valence-corrected chi connectivity index (χ3v) is 8.59. The van der Waals surface area contributed by atoms with Crippen molar-refractivity contribution in [2.24, 2.45) is 5.92 Å². The van der Waals surface area contributed by atoms with E-state index in [0.717, 1.165) is 76.1 Å². The van der Waals surface area contributed by atoms with Gasteiger partial charge in [-0.05, 0) is 25.7 Å². The number of carbonyl (C=O) groups is 1. The molecule has 2 unspecified atom stereocenters. The van der Waals surface area contributed by atoms with Gasteiger partial charge in [0.2, 0.25) is 6.23 Å². The van der Waals surface area contributed by atoms with Crippen molar-refractivity contribution >= 4 is 23.3 Å². The first kappa shape index (κ1) is 34.4. The summed E-state index contributed by atoms with van der Waals surface area (Å²) in [5.74, 6) is 0.926. The molecule has 9 heteroatoms. The van der Waals surface area contributed by atoms with Crippen LogP contribution in [0.4, 0.5) is 0 Å². The number of likely N-dealkylation sites (N-methyl/N-ethyl adjacent to an activating group) is 1. The van der Waals surface area contributed by atoms with Crippen LogP contribution in [-0.2, 0) is 14.3 Å². The molecule has 1 saturated heterocycles. The lowest BCUT2D eigenvalue weighted by Gasteiger charge is -2.46. The molecule has 0 aromatic carbocycles. The summed E-state index contributed by atoms with van der Waals surface area (Å²) in [5.41, 5.74) is 2.03. The summed E-state index contributed by atoms with van der Waals surface area (Å²) < 4.78 is 27.9. The van der Waals surface area contributed by atoms with Crippen LogP contribution >= 0.6 is 11.7 Å². The normalized spacial score (nSPS) is 20.6. The maximum Gasteiger partial charge on any atom is 0.310 e. The van der Waals surface area contributed by atoms with Crippen LogP contribution in [0.5, 0.6) is 5.88 Å². The summed E-state index contributed by atoms with van der Waals surface area (Å²) in [7, 11) is 2.25. The third-order valence-electron chi connectivity index (χ3n) is 8.08. The number of quaternary nitrogens is 1. The van der Waals surface area contributed by atoms with E-state index in [1.54, 1.807) is 0 Å². The molecule has 0 saturated carbocycles. The predicted octanol–water partition coefficient (Wildman–Crippen LogP) is 4.17. The Kier molecular flexibility index (Phi) is 17.1. The summed E-state index contributed by atoms with van der Waals surface area (Å²) in [4.78, 5) is 13.1. The predicted molar refractivity (Wildman–Crippen MR) is 154 cm³/mol. The molecular formula is C30H52IN3O4S. The second kappa shape index (κ2) is 19.4. The molecule has 0 bridgehead atoms. The number of unbranched alkanes of at least 4 members (excludes halogenated alkanes) is 9. The van der Waals surface area contributed by atoms with E-state index in [9.17, 15) is 4.79 Å². The molecule has 0 N–H and O–H groups in total. The first-order valence-corrected chi connectivity index (χ1v) is 16.1. The van der Waals surface area contributed by atoms with Crippen molar-refractivity contribution in [1.29, 1.82) is 0 Å². The standard InChI is InChI=1S/C30H52N3O4S.HI/c1-4-6-8-10-11-12-13-17-27(34)37-30(25-18-22-35-23-19-25)33(3)20-15-16-26(24-33)28-29(32-38-31-28)36-21-14-9-7-5-2;/h16,25,30H,4-15,17-24H2,1-3H3;1H/q+1;/p-1. The van der Waals surface area contributed by atoms with Crippen LogP contribution in [0.2, 0.25) is 0 Å². The van der Waals surface area contributed by atoms with Gasteiger partial charge >= 0.3 is 5.97 Å². The van der Waals surface area contributed by atoms with Gasteiger partial charge in [0.1, 0.15) is 12.2 Å². The highest BCUT2D eigenvalue weighted by molar-refractivity contribution is 6.99. The van der Waals surface area contributed by atoms with Gasteiger partial charge in [-0.15, -0.1) is 4.37 Å². The monoisotopic (exact) mass is 677 g/mol. The third kappa shape index (κ3) is 11.6. The largest absolute Gasteiger partial charge is 1.00 e. The average molecular weight is 678 g/mol. The molecule has 1 aromatic rings. The summed E-state index contributed by atoms with van der Waals surface area (Å²) in [5, 5.41) is 0. The Morgan fingerprint density at radius 1 is 1.03 bits per heavy atom. The number of carbonyl (C=O) groups excluding carboxylic acids is 1. The maximum atomic E-state index is 13.1. The van der Waals surface area contributed by atoms with E-state index in [4.69, 9.17) is 14.2 Å². The summed E-state index contributed by atoms with van der Waals surface area (Å²) in [6.45, 7) is 8.33. The highest BCUT2D eigenvalue weighted by Gasteiger charge is 2.44. The quantitative estimate of drug-likeness (QED) is 0.101. The summed E-state index contributed by atoms with van der Waals surface area (Å²) in [6, 6.07) is 0. The van der Waals surface area contributed by atoms with Crippen LogP contribution in [0.25, 0.3) is 5.57 Å². The van der Waals surface area contributed by atoms with E-state index in [2.05, 4.69) is 35.7 Å². The van der Waals surface area contributed by atoms with Gasteiger partial charge in [-0.2, -0.15) is 4.37 Å². The Bertz CT molecular complexity index is 846. The zero-order chi connectivity index (χ0) is 27.1. The summed E-state index contributed by atoms with van der Waals surface area (Å²) >= 11 is 1.22. The average Bonchev–Trinajstić information content (AvgIpc) is 3.40. The highest BCUT2D eigenvalue weighted by Crippen LogP contribution is 2.36. The lowest BCUT2D eigenvalue weighted by atomic mass is 9.93. The van der Waals surface area contributed by atoms with Crippen LogP contribution in [-0.4, -0.2) is 65.4 Å². The molecule has 2 atom stereocenters. The van der Waals surface area contributed by atoms with E-state index in [0.29, 0.717) is 29.3 Å². The van der Waals surface area contributed by atoms with Crippen LogP contribution < -0.4 is 28.7 Å². The van der Waals surface area contributed by atoms with Crippen molar-refractivity contribution in [2.45, 2.75) is 116 Å². The van der Waals surface area contributed by atoms with Crippen molar-refractivity contribution in [3.63, 3.8) is 0 Å². The van der Waals surface area contributed by atoms with Gasteiger partial charge in [0.25, 0.3) is 5.88 Å². The van der Waals surface area contributed by atoms with Gasteiger partial charge in [-0.1, -0.05) is 77.7 Å². The lowest BCUT2D eigenvalue weighted by molar-refractivity contribution is -0.951. The molecule has 3 rings (SSSR count). The van der Waals surface area contributed by atoms with E-state index < -0.39 is 0 Å². The zero-order valence-electron chi connectivity index (χ0n) is 24.6. The molecule has 2 aliphatic heterocycles. The molecule has 7 nitrogen and oxygen atoms in total. The maximum absolute atomic E-state index is 13.1. The fourth-order valence-corrected chi connectivity index (χ4v) is 6.31. The molecule has 224 valence electrons. The number of esters is 1. The molecule has 0 spiro atoms. The summed E-state index contributed by atoms with van der Waals surface area (Å²) in [6.07, 6.45) is 18.5. The second-order valence-electron chi connectivity index (χ2n) is 11.4. The molecule has 3 heterocycles. The minimum Gasteiger partial charge on any atom is -1.00 e. The van der Waals surface area contributed by atoms with Gasteiger partial charge < -0.3 is 38.2 Å². The minimum absolute atomic E-state index is 0. The van der Waals surface area contributed by atoms with Crippen molar-refractivity contribution in [2.75, 3.05) is 40.0 Å². The molecular weight excluding hydrogens is 625 g/mol. The smallest absolute Gasteiger partial charge is 0.310 e. The topological polar surface area (TPSA) is 70.5 Å². The van der Waals surface area contributed by atoms with E-state index in [-0.39, 0.29) is 36.2 Å². The number of nitrogens with zero attached hydrogens (tertiary/aromatic N) is 3. The molecule has 0 radical (unpaired) electrons. The first-order chi connectivity index (χ1) is 18.6. The molecule has 1 aromatic heterocycles. The van der Waals surface area contributed by atoms with Crippen molar-refractivity contribution in [3.05, 3.63) is 11.8 Å². The molecule has 0 amide bonds. The fourth-order valence-electron chi connectivity index (χ4n) is 5.78. The Morgan fingerprint density at radius 2 is 1.69 bits per heavy atom.